The van der Waals surface area contributed by atoms with E-state index in [1.807, 2.05) is 0 Å². The summed E-state index contributed by atoms with van der Waals surface area (Å²) in [4.78, 5) is 18.2. The van der Waals surface area contributed by atoms with Crippen molar-refractivity contribution >= 4 is 11.9 Å². The van der Waals surface area contributed by atoms with Crippen molar-refractivity contribution in [3.63, 3.8) is 0 Å². The minimum absolute atomic E-state index is 0.160. The summed E-state index contributed by atoms with van der Waals surface area (Å²) in [5.74, 6) is -0.571. The van der Waals surface area contributed by atoms with E-state index in [2.05, 4.69) is 22.2 Å². The van der Waals surface area contributed by atoms with E-state index in [0.29, 0.717) is 5.95 Å². The van der Waals surface area contributed by atoms with Crippen LogP contribution in [0.1, 0.15) is 18.9 Å². The predicted molar refractivity (Wildman–Crippen MR) is 52.2 cm³/mol. The molecule has 14 heavy (non-hydrogen) atoms. The molecule has 0 unspecified atom stereocenters. The summed E-state index contributed by atoms with van der Waals surface area (Å²) in [7, 11) is 0. The molecule has 0 spiro atoms. The Morgan fingerprint density at radius 3 is 2.64 bits per heavy atom. The second-order valence-electron chi connectivity index (χ2n) is 2.91. The standard InChI is InChI=1S/C9H13N3O2/c1-2-3-7-4-10-9(11-5-7)12-6-8(13)14/h4-5H,2-3,6H2,1H3,(H,13,14)(H,10,11,12). The zero-order valence-corrected chi connectivity index (χ0v) is 8.03. The lowest BCUT2D eigenvalue weighted by atomic mass is 10.2. The fourth-order valence-electron chi connectivity index (χ4n) is 1.02. The summed E-state index contributed by atoms with van der Waals surface area (Å²) in [6.45, 7) is 1.92. The van der Waals surface area contributed by atoms with Gasteiger partial charge in [-0.25, -0.2) is 9.97 Å². The molecule has 0 radical (unpaired) electrons. The number of carboxylic acids is 1. The van der Waals surface area contributed by atoms with E-state index < -0.39 is 5.97 Å². The van der Waals surface area contributed by atoms with Crippen LogP contribution >= 0.6 is 0 Å². The predicted octanol–water partition coefficient (Wildman–Crippen LogP) is 0.926. The van der Waals surface area contributed by atoms with Crippen LogP contribution in [0.25, 0.3) is 0 Å². The summed E-state index contributed by atoms with van der Waals surface area (Å²) >= 11 is 0. The van der Waals surface area contributed by atoms with Crippen molar-refractivity contribution in [3.05, 3.63) is 18.0 Å². The Morgan fingerprint density at radius 1 is 1.50 bits per heavy atom. The minimum atomic E-state index is -0.925. The highest BCUT2D eigenvalue weighted by Gasteiger charge is 1.99. The molecular formula is C9H13N3O2. The molecule has 0 aliphatic carbocycles. The van der Waals surface area contributed by atoms with Gasteiger partial charge in [0.05, 0.1) is 0 Å². The van der Waals surface area contributed by atoms with Crippen molar-refractivity contribution in [3.8, 4) is 0 Å². The Morgan fingerprint density at radius 2 is 2.14 bits per heavy atom. The number of carboxylic acid groups (broad SMARTS) is 1. The van der Waals surface area contributed by atoms with Crippen molar-refractivity contribution in [2.45, 2.75) is 19.8 Å². The van der Waals surface area contributed by atoms with Gasteiger partial charge < -0.3 is 10.4 Å². The van der Waals surface area contributed by atoms with Crippen molar-refractivity contribution in [1.29, 1.82) is 0 Å². The SMILES string of the molecule is CCCc1cnc(NCC(=O)O)nc1. The Hall–Kier alpha value is -1.65. The summed E-state index contributed by atoms with van der Waals surface area (Å²) in [6.07, 6.45) is 5.41. The van der Waals surface area contributed by atoms with E-state index in [-0.39, 0.29) is 6.54 Å². The molecule has 76 valence electrons. The summed E-state index contributed by atoms with van der Waals surface area (Å²) in [6, 6.07) is 0. The lowest BCUT2D eigenvalue weighted by Crippen LogP contribution is -2.14. The first-order chi connectivity index (χ1) is 6.72. The largest absolute Gasteiger partial charge is 0.480 e. The number of nitrogens with zero attached hydrogens (tertiary/aromatic N) is 2. The molecule has 0 saturated carbocycles. The maximum Gasteiger partial charge on any atom is 0.322 e. The average molecular weight is 195 g/mol. The van der Waals surface area contributed by atoms with Gasteiger partial charge in [-0.3, -0.25) is 4.79 Å². The van der Waals surface area contributed by atoms with Crippen molar-refractivity contribution < 1.29 is 9.90 Å². The lowest BCUT2D eigenvalue weighted by Gasteiger charge is -2.01. The lowest BCUT2D eigenvalue weighted by molar-refractivity contribution is -0.134. The van der Waals surface area contributed by atoms with Crippen LogP contribution in [0.15, 0.2) is 12.4 Å². The fraction of sp³-hybridized carbons (Fsp3) is 0.444. The Bertz CT molecular complexity index is 297. The number of aryl methyl sites for hydroxylation is 1. The monoisotopic (exact) mass is 195 g/mol. The van der Waals surface area contributed by atoms with Gasteiger partial charge >= 0.3 is 5.97 Å². The van der Waals surface area contributed by atoms with Crippen LogP contribution in [-0.2, 0) is 11.2 Å². The van der Waals surface area contributed by atoms with Crippen LogP contribution < -0.4 is 5.32 Å². The Balaban J connectivity index is 2.50. The molecule has 1 heterocycles. The molecule has 1 aromatic rings. The van der Waals surface area contributed by atoms with Crippen LogP contribution in [0, 0.1) is 0 Å². The molecule has 0 fully saturated rings. The highest BCUT2D eigenvalue weighted by Crippen LogP contribution is 2.02. The van der Waals surface area contributed by atoms with E-state index in [1.54, 1.807) is 12.4 Å². The molecule has 0 bridgehead atoms. The summed E-state index contributed by atoms with van der Waals surface area (Å²) in [5, 5.41) is 11.0. The number of hydrogen-bond donors (Lipinski definition) is 2. The second-order valence-corrected chi connectivity index (χ2v) is 2.91. The normalized spacial score (nSPS) is 9.79. The number of aliphatic carboxylic acids is 1. The molecule has 0 aromatic carbocycles. The van der Waals surface area contributed by atoms with Crippen molar-refractivity contribution in [1.82, 2.24) is 9.97 Å². The molecule has 5 heteroatoms. The third kappa shape index (κ3) is 3.38. The number of carbonyl (C=O) groups is 1. The first-order valence-corrected chi connectivity index (χ1v) is 4.49. The van der Waals surface area contributed by atoms with Gasteiger partial charge in [-0.2, -0.15) is 0 Å². The molecule has 0 atom stereocenters. The Labute approximate surface area is 82.2 Å². The van der Waals surface area contributed by atoms with Gasteiger partial charge in [-0.15, -0.1) is 0 Å². The third-order valence-corrected chi connectivity index (χ3v) is 1.64. The number of anilines is 1. The van der Waals surface area contributed by atoms with Gasteiger partial charge in [0, 0.05) is 12.4 Å². The molecule has 1 rings (SSSR count). The van der Waals surface area contributed by atoms with Crippen LogP contribution in [0.2, 0.25) is 0 Å². The van der Waals surface area contributed by atoms with Crippen LogP contribution in [0.4, 0.5) is 5.95 Å². The van der Waals surface area contributed by atoms with Crippen LogP contribution in [0.5, 0.6) is 0 Å². The molecule has 1 aromatic heterocycles. The molecule has 0 amide bonds. The highest BCUT2D eigenvalue weighted by atomic mass is 16.4. The molecule has 0 aliphatic rings. The van der Waals surface area contributed by atoms with Crippen LogP contribution in [0.3, 0.4) is 0 Å². The minimum Gasteiger partial charge on any atom is -0.480 e. The summed E-state index contributed by atoms with van der Waals surface area (Å²) < 4.78 is 0. The fourth-order valence-corrected chi connectivity index (χ4v) is 1.02. The topological polar surface area (TPSA) is 75.1 Å². The van der Waals surface area contributed by atoms with E-state index in [0.717, 1.165) is 18.4 Å². The van der Waals surface area contributed by atoms with Gasteiger partial charge in [0.1, 0.15) is 6.54 Å². The Kier molecular flexibility index (Phi) is 3.84. The average Bonchev–Trinajstić information content (AvgIpc) is 2.17. The van der Waals surface area contributed by atoms with E-state index in [4.69, 9.17) is 5.11 Å². The molecule has 0 aliphatic heterocycles. The van der Waals surface area contributed by atoms with E-state index >= 15 is 0 Å². The zero-order valence-electron chi connectivity index (χ0n) is 8.03. The summed E-state index contributed by atoms with van der Waals surface area (Å²) in [5.41, 5.74) is 1.06. The van der Waals surface area contributed by atoms with Crippen molar-refractivity contribution in [2.75, 3.05) is 11.9 Å². The second kappa shape index (κ2) is 5.16. The maximum absolute atomic E-state index is 10.2. The zero-order chi connectivity index (χ0) is 10.4. The molecule has 0 saturated heterocycles. The smallest absolute Gasteiger partial charge is 0.322 e. The van der Waals surface area contributed by atoms with E-state index in [9.17, 15) is 4.79 Å². The number of nitrogens with one attached hydrogen (secondary N) is 1. The molecular weight excluding hydrogens is 182 g/mol. The number of rotatable bonds is 5. The number of hydrogen-bond acceptors (Lipinski definition) is 4. The van der Waals surface area contributed by atoms with Gasteiger partial charge in [-0.05, 0) is 12.0 Å². The van der Waals surface area contributed by atoms with Gasteiger partial charge in [0.2, 0.25) is 5.95 Å². The maximum atomic E-state index is 10.2. The van der Waals surface area contributed by atoms with Crippen molar-refractivity contribution in [2.24, 2.45) is 0 Å². The van der Waals surface area contributed by atoms with Gasteiger partial charge in [0.25, 0.3) is 0 Å². The first-order valence-electron chi connectivity index (χ1n) is 4.49. The van der Waals surface area contributed by atoms with Crippen LogP contribution in [-0.4, -0.2) is 27.6 Å². The molecule has 5 nitrogen and oxygen atoms in total. The highest BCUT2D eigenvalue weighted by molar-refractivity contribution is 5.71. The van der Waals surface area contributed by atoms with Gasteiger partial charge in [-0.1, -0.05) is 13.3 Å². The first kappa shape index (κ1) is 10.4. The quantitative estimate of drug-likeness (QED) is 0.730. The number of aromatic nitrogens is 2. The molecule has 2 N–H and O–H groups in total. The third-order valence-electron chi connectivity index (χ3n) is 1.64. The van der Waals surface area contributed by atoms with Gasteiger partial charge in [0.15, 0.2) is 0 Å². The van der Waals surface area contributed by atoms with E-state index in [1.165, 1.54) is 0 Å².